The number of hydrogen-bond acceptors (Lipinski definition) is 2. The molecule has 2 nitrogen and oxygen atoms in total. The minimum Gasteiger partial charge on any atom is -0.399 e. The van der Waals surface area contributed by atoms with E-state index in [0.717, 1.165) is 10.0 Å². The number of alkyl halides is 3. The summed E-state index contributed by atoms with van der Waals surface area (Å²) >= 11 is 3.26. The van der Waals surface area contributed by atoms with Gasteiger partial charge in [0.15, 0.2) is 0 Å². The second-order valence-corrected chi connectivity index (χ2v) is 4.12. The average molecular weight is 298 g/mol. The summed E-state index contributed by atoms with van der Waals surface area (Å²) in [5, 5.41) is 0. The molecule has 0 aromatic heterocycles. The maximum atomic E-state index is 11.8. The van der Waals surface area contributed by atoms with Gasteiger partial charge in [-0.3, -0.25) is 0 Å². The van der Waals surface area contributed by atoms with Crippen molar-refractivity contribution in [3.8, 4) is 0 Å². The van der Waals surface area contributed by atoms with Crippen LogP contribution in [0.25, 0.3) is 0 Å². The van der Waals surface area contributed by atoms with Crippen molar-refractivity contribution in [3.05, 3.63) is 28.2 Å². The Balaban J connectivity index is 2.38. The van der Waals surface area contributed by atoms with Gasteiger partial charge in [0, 0.05) is 10.2 Å². The van der Waals surface area contributed by atoms with Crippen molar-refractivity contribution in [1.29, 1.82) is 0 Å². The lowest BCUT2D eigenvalue weighted by atomic mass is 10.2. The Morgan fingerprint density at radius 3 is 2.56 bits per heavy atom. The third-order valence-corrected chi connectivity index (χ3v) is 2.60. The molecule has 2 N–H and O–H groups in total. The predicted molar refractivity (Wildman–Crippen MR) is 58.9 cm³/mol. The van der Waals surface area contributed by atoms with Gasteiger partial charge in [-0.25, -0.2) is 0 Å². The van der Waals surface area contributed by atoms with Crippen molar-refractivity contribution >= 4 is 21.6 Å². The van der Waals surface area contributed by atoms with Crippen LogP contribution in [0, 0.1) is 0 Å². The monoisotopic (exact) mass is 297 g/mol. The number of rotatable bonds is 4. The zero-order chi connectivity index (χ0) is 12.2. The average Bonchev–Trinajstić information content (AvgIpc) is 2.13. The Bertz CT molecular complexity index is 354. The lowest BCUT2D eigenvalue weighted by molar-refractivity contribution is -0.146. The van der Waals surface area contributed by atoms with Gasteiger partial charge >= 0.3 is 6.18 Å². The summed E-state index contributed by atoms with van der Waals surface area (Å²) in [5.41, 5.74) is 6.88. The summed E-state index contributed by atoms with van der Waals surface area (Å²) in [7, 11) is 0. The summed E-state index contributed by atoms with van der Waals surface area (Å²) in [4.78, 5) is 0. The molecular formula is C10H11BrF3NO. The van der Waals surface area contributed by atoms with Crippen molar-refractivity contribution in [3.63, 3.8) is 0 Å². The van der Waals surface area contributed by atoms with E-state index in [1.54, 1.807) is 18.2 Å². The molecule has 0 radical (unpaired) electrons. The number of nitrogens with two attached hydrogens (primary N) is 1. The first-order valence-corrected chi connectivity index (χ1v) is 5.36. The number of nitrogen functional groups attached to an aromatic ring is 1. The van der Waals surface area contributed by atoms with E-state index in [1.165, 1.54) is 0 Å². The van der Waals surface area contributed by atoms with Crippen molar-refractivity contribution in [2.75, 3.05) is 12.3 Å². The van der Waals surface area contributed by atoms with E-state index in [2.05, 4.69) is 15.9 Å². The van der Waals surface area contributed by atoms with E-state index in [1.807, 2.05) is 0 Å². The van der Waals surface area contributed by atoms with Crippen LogP contribution in [0.2, 0.25) is 0 Å². The molecule has 0 amide bonds. The summed E-state index contributed by atoms with van der Waals surface area (Å²) in [6, 6.07) is 5.07. The molecule has 0 atom stereocenters. The van der Waals surface area contributed by atoms with E-state index < -0.39 is 12.6 Å². The molecule has 0 aliphatic carbocycles. The maximum absolute atomic E-state index is 11.8. The predicted octanol–water partition coefficient (Wildman–Crippen LogP) is 3.50. The highest BCUT2D eigenvalue weighted by Gasteiger charge is 2.26. The van der Waals surface area contributed by atoms with Gasteiger partial charge in [0.05, 0.1) is 19.6 Å². The standard InChI is InChI=1S/C10H11BrF3NO/c11-9-5-8(15)2-1-7(9)6-16-4-3-10(12,13)14/h1-2,5H,3-4,6,15H2. The molecule has 0 bridgehead atoms. The molecule has 0 unspecified atom stereocenters. The van der Waals surface area contributed by atoms with Gasteiger partial charge < -0.3 is 10.5 Å². The third-order valence-electron chi connectivity index (χ3n) is 1.86. The smallest absolute Gasteiger partial charge is 0.391 e. The number of anilines is 1. The van der Waals surface area contributed by atoms with Crippen LogP contribution in [0.15, 0.2) is 22.7 Å². The summed E-state index contributed by atoms with van der Waals surface area (Å²) in [6.45, 7) is -0.197. The van der Waals surface area contributed by atoms with Crippen LogP contribution in [-0.4, -0.2) is 12.8 Å². The normalized spacial score (nSPS) is 11.8. The summed E-state index contributed by atoms with van der Waals surface area (Å²) < 4.78 is 41.1. The molecule has 6 heteroatoms. The first-order chi connectivity index (χ1) is 7.38. The Labute approximate surface area is 99.7 Å². The second kappa shape index (κ2) is 5.54. The van der Waals surface area contributed by atoms with Crippen molar-refractivity contribution in [1.82, 2.24) is 0 Å². The zero-order valence-electron chi connectivity index (χ0n) is 8.35. The number of ether oxygens (including phenoxy) is 1. The fourth-order valence-corrected chi connectivity index (χ4v) is 1.56. The van der Waals surface area contributed by atoms with Gasteiger partial charge in [0.1, 0.15) is 0 Å². The first kappa shape index (κ1) is 13.3. The van der Waals surface area contributed by atoms with Gasteiger partial charge in [0.25, 0.3) is 0 Å². The molecule has 0 aliphatic rings. The molecule has 16 heavy (non-hydrogen) atoms. The summed E-state index contributed by atoms with van der Waals surface area (Å²) in [5.74, 6) is 0. The molecule has 0 fully saturated rings. The molecule has 1 rings (SSSR count). The Morgan fingerprint density at radius 2 is 2.00 bits per heavy atom. The van der Waals surface area contributed by atoms with Gasteiger partial charge in [0.2, 0.25) is 0 Å². The molecule has 0 heterocycles. The van der Waals surface area contributed by atoms with Crippen LogP contribution >= 0.6 is 15.9 Å². The molecular weight excluding hydrogens is 287 g/mol. The van der Waals surface area contributed by atoms with Crippen molar-refractivity contribution in [2.45, 2.75) is 19.2 Å². The van der Waals surface area contributed by atoms with Crippen LogP contribution in [-0.2, 0) is 11.3 Å². The maximum Gasteiger partial charge on any atom is 0.391 e. The van der Waals surface area contributed by atoms with Crippen molar-refractivity contribution < 1.29 is 17.9 Å². The summed E-state index contributed by atoms with van der Waals surface area (Å²) in [6.07, 6.45) is -5.10. The lowest BCUT2D eigenvalue weighted by Gasteiger charge is -2.08. The van der Waals surface area contributed by atoms with E-state index >= 15 is 0 Å². The minimum absolute atomic E-state index is 0.136. The third kappa shape index (κ3) is 4.85. The number of benzene rings is 1. The van der Waals surface area contributed by atoms with Gasteiger partial charge in [-0.05, 0) is 17.7 Å². The number of hydrogen-bond donors (Lipinski definition) is 1. The molecule has 1 aromatic rings. The highest BCUT2D eigenvalue weighted by atomic mass is 79.9. The molecule has 1 aromatic carbocycles. The Kier molecular flexibility index (Phi) is 4.61. The SMILES string of the molecule is Nc1ccc(COCCC(F)(F)F)c(Br)c1. The molecule has 90 valence electrons. The molecule has 0 spiro atoms. The topological polar surface area (TPSA) is 35.2 Å². The largest absolute Gasteiger partial charge is 0.399 e. The van der Waals surface area contributed by atoms with E-state index in [-0.39, 0.29) is 13.2 Å². The van der Waals surface area contributed by atoms with Gasteiger partial charge in [-0.1, -0.05) is 22.0 Å². The highest BCUT2D eigenvalue weighted by Crippen LogP contribution is 2.22. The fraction of sp³-hybridized carbons (Fsp3) is 0.400. The number of halogens is 4. The lowest BCUT2D eigenvalue weighted by Crippen LogP contribution is -2.11. The van der Waals surface area contributed by atoms with E-state index in [9.17, 15) is 13.2 Å². The van der Waals surface area contributed by atoms with Crippen LogP contribution in [0.3, 0.4) is 0 Å². The molecule has 0 aliphatic heterocycles. The highest BCUT2D eigenvalue weighted by molar-refractivity contribution is 9.10. The molecule has 0 saturated heterocycles. The van der Waals surface area contributed by atoms with Crippen LogP contribution in [0.4, 0.5) is 18.9 Å². The Hall–Kier alpha value is -0.750. The zero-order valence-corrected chi connectivity index (χ0v) is 9.94. The quantitative estimate of drug-likeness (QED) is 0.682. The Morgan fingerprint density at radius 1 is 1.31 bits per heavy atom. The molecule has 0 saturated carbocycles. The van der Waals surface area contributed by atoms with Gasteiger partial charge in [-0.2, -0.15) is 13.2 Å². The van der Waals surface area contributed by atoms with Gasteiger partial charge in [-0.15, -0.1) is 0 Å². The van der Waals surface area contributed by atoms with E-state index in [4.69, 9.17) is 10.5 Å². The fourth-order valence-electron chi connectivity index (χ4n) is 1.05. The van der Waals surface area contributed by atoms with E-state index in [0.29, 0.717) is 5.69 Å². The van der Waals surface area contributed by atoms with Crippen LogP contribution in [0.1, 0.15) is 12.0 Å². The second-order valence-electron chi connectivity index (χ2n) is 3.27. The van der Waals surface area contributed by atoms with Crippen LogP contribution < -0.4 is 5.73 Å². The van der Waals surface area contributed by atoms with Crippen LogP contribution in [0.5, 0.6) is 0 Å². The first-order valence-electron chi connectivity index (χ1n) is 4.57. The van der Waals surface area contributed by atoms with Crippen molar-refractivity contribution in [2.24, 2.45) is 0 Å². The minimum atomic E-state index is -4.17.